The van der Waals surface area contributed by atoms with E-state index >= 15 is 0 Å². The van der Waals surface area contributed by atoms with Gasteiger partial charge in [0.2, 0.25) is 5.88 Å². The maximum Gasteiger partial charge on any atom is 0.323 e. The molecule has 0 radical (unpaired) electrons. The van der Waals surface area contributed by atoms with Gasteiger partial charge in [-0.3, -0.25) is 4.79 Å². The summed E-state index contributed by atoms with van der Waals surface area (Å²) in [5, 5.41) is 4.56. The topological polar surface area (TPSA) is 97.6 Å². The maximum atomic E-state index is 13.8. The second-order valence-electron chi connectivity index (χ2n) is 11.9. The van der Waals surface area contributed by atoms with Gasteiger partial charge in [-0.2, -0.15) is 9.67 Å². The van der Waals surface area contributed by atoms with E-state index < -0.39 is 25.1 Å². The van der Waals surface area contributed by atoms with Crippen LogP contribution in [-0.4, -0.2) is 54.1 Å². The predicted molar refractivity (Wildman–Crippen MR) is 161 cm³/mol. The third-order valence-corrected chi connectivity index (χ3v) is 8.18. The summed E-state index contributed by atoms with van der Waals surface area (Å²) in [6.07, 6.45) is 1.69. The van der Waals surface area contributed by atoms with E-state index in [1.807, 2.05) is 30.3 Å². The number of rotatable bonds is 13. The van der Waals surface area contributed by atoms with Gasteiger partial charge in [-0.25, -0.2) is 13.8 Å². The SMILES string of the molecule is COC(=O)C(C)(C)COc1ccc(-c2ccc(-c3nc(Oc4ccc(F)c(F)c4)n(COCC[Si](C)(C)C)n3)cc2)cn1. The summed E-state index contributed by atoms with van der Waals surface area (Å²) in [4.78, 5) is 20.7. The molecule has 0 unspecified atom stereocenters. The first-order valence-electron chi connectivity index (χ1n) is 13.8. The Balaban J connectivity index is 1.49. The number of esters is 1. The molecule has 0 N–H and O–H groups in total. The number of carbonyl (C=O) groups excluding carboxylic acids is 1. The first-order chi connectivity index (χ1) is 20.3. The molecule has 4 rings (SSSR count). The van der Waals surface area contributed by atoms with Crippen molar-refractivity contribution in [2.45, 2.75) is 46.3 Å². The molecule has 9 nitrogen and oxygen atoms in total. The number of nitrogens with zero attached hydrogens (tertiary/aromatic N) is 4. The van der Waals surface area contributed by atoms with Crippen LogP contribution in [0.2, 0.25) is 25.7 Å². The normalized spacial score (nSPS) is 11.8. The second-order valence-corrected chi connectivity index (χ2v) is 17.5. The Labute approximate surface area is 250 Å². The maximum absolute atomic E-state index is 13.8. The molecule has 228 valence electrons. The van der Waals surface area contributed by atoms with E-state index in [1.54, 1.807) is 26.1 Å². The van der Waals surface area contributed by atoms with Gasteiger partial charge >= 0.3 is 12.0 Å². The smallest absolute Gasteiger partial charge is 0.323 e. The molecule has 0 bridgehead atoms. The van der Waals surface area contributed by atoms with Gasteiger partial charge in [0, 0.05) is 44.1 Å². The summed E-state index contributed by atoms with van der Waals surface area (Å²) in [6, 6.07) is 15.5. The van der Waals surface area contributed by atoms with Crippen molar-refractivity contribution in [1.82, 2.24) is 19.7 Å². The highest BCUT2D eigenvalue weighted by atomic mass is 28.3. The van der Waals surface area contributed by atoms with Gasteiger partial charge in [-0.05, 0) is 43.7 Å². The van der Waals surface area contributed by atoms with Gasteiger partial charge in [0.05, 0.1) is 12.5 Å². The summed E-state index contributed by atoms with van der Waals surface area (Å²) in [5.74, 6) is -1.48. The van der Waals surface area contributed by atoms with Gasteiger partial charge < -0.3 is 18.9 Å². The first-order valence-corrected chi connectivity index (χ1v) is 17.5. The molecule has 43 heavy (non-hydrogen) atoms. The minimum atomic E-state index is -1.29. The van der Waals surface area contributed by atoms with Gasteiger partial charge in [0.1, 0.15) is 19.1 Å². The fraction of sp³-hybridized carbons (Fsp3) is 0.355. The van der Waals surface area contributed by atoms with Crippen molar-refractivity contribution in [2.75, 3.05) is 20.3 Å². The molecule has 0 saturated carbocycles. The molecule has 4 aromatic rings. The van der Waals surface area contributed by atoms with Crippen molar-refractivity contribution in [1.29, 1.82) is 0 Å². The summed E-state index contributed by atoms with van der Waals surface area (Å²) in [6.45, 7) is 11.0. The summed E-state index contributed by atoms with van der Waals surface area (Å²) in [5.41, 5.74) is 1.69. The van der Waals surface area contributed by atoms with E-state index in [1.165, 1.54) is 17.9 Å². The molecule has 0 aliphatic carbocycles. The number of hydrogen-bond donors (Lipinski definition) is 0. The number of ether oxygens (including phenoxy) is 4. The quantitative estimate of drug-likeness (QED) is 0.0910. The Morgan fingerprint density at radius 2 is 1.65 bits per heavy atom. The second kappa shape index (κ2) is 13.4. The van der Waals surface area contributed by atoms with Gasteiger partial charge in [0.25, 0.3) is 0 Å². The van der Waals surface area contributed by atoms with Crippen molar-refractivity contribution in [3.63, 3.8) is 0 Å². The lowest BCUT2D eigenvalue weighted by molar-refractivity contribution is -0.152. The van der Waals surface area contributed by atoms with Gasteiger partial charge in [-0.15, -0.1) is 5.10 Å². The van der Waals surface area contributed by atoms with E-state index in [0.717, 1.165) is 34.9 Å². The van der Waals surface area contributed by atoms with Gasteiger partial charge in [-0.1, -0.05) is 43.9 Å². The van der Waals surface area contributed by atoms with Crippen molar-refractivity contribution in [2.24, 2.45) is 5.41 Å². The average Bonchev–Trinajstić information content (AvgIpc) is 3.38. The van der Waals surface area contributed by atoms with E-state index in [9.17, 15) is 13.6 Å². The first kappa shape index (κ1) is 31.8. The predicted octanol–water partition coefficient (Wildman–Crippen LogP) is 6.97. The van der Waals surface area contributed by atoms with E-state index in [2.05, 4.69) is 34.7 Å². The summed E-state index contributed by atoms with van der Waals surface area (Å²) in [7, 11) is 0.0545. The van der Waals surface area contributed by atoms with Crippen LogP contribution in [0.15, 0.2) is 60.8 Å². The molecule has 0 amide bonds. The number of methoxy groups -OCH3 is 1. The van der Waals surface area contributed by atoms with E-state index in [4.69, 9.17) is 18.9 Å². The minimum Gasteiger partial charge on any atom is -0.476 e. The van der Waals surface area contributed by atoms with Crippen LogP contribution >= 0.6 is 0 Å². The lowest BCUT2D eigenvalue weighted by Gasteiger charge is -2.21. The fourth-order valence-electron chi connectivity index (χ4n) is 3.82. The number of aromatic nitrogens is 4. The number of carbonyl (C=O) groups is 1. The van der Waals surface area contributed by atoms with Crippen LogP contribution in [0.3, 0.4) is 0 Å². The van der Waals surface area contributed by atoms with E-state index in [-0.39, 0.29) is 31.1 Å². The molecular formula is C31H36F2N4O5Si. The lowest BCUT2D eigenvalue weighted by Crippen LogP contribution is -2.32. The highest BCUT2D eigenvalue weighted by Gasteiger charge is 2.30. The van der Waals surface area contributed by atoms with Crippen molar-refractivity contribution in [3.8, 4) is 40.2 Å². The number of pyridine rings is 1. The Morgan fingerprint density at radius 3 is 2.28 bits per heavy atom. The third-order valence-electron chi connectivity index (χ3n) is 6.48. The molecule has 0 aliphatic heterocycles. The van der Waals surface area contributed by atoms with Crippen molar-refractivity contribution >= 4 is 14.0 Å². The van der Waals surface area contributed by atoms with Crippen LogP contribution in [0.4, 0.5) is 8.78 Å². The molecule has 0 aliphatic rings. The highest BCUT2D eigenvalue weighted by Crippen LogP contribution is 2.28. The van der Waals surface area contributed by atoms with Crippen LogP contribution in [0.1, 0.15) is 13.8 Å². The number of hydrogen-bond acceptors (Lipinski definition) is 8. The third kappa shape index (κ3) is 8.68. The lowest BCUT2D eigenvalue weighted by atomic mass is 9.95. The fourth-order valence-corrected chi connectivity index (χ4v) is 4.58. The Kier molecular flexibility index (Phi) is 9.92. The number of benzene rings is 2. The highest BCUT2D eigenvalue weighted by molar-refractivity contribution is 6.76. The number of halogens is 2. The Hall–Kier alpha value is -4.16. The Bertz CT molecular complexity index is 1540. The molecular weight excluding hydrogens is 574 g/mol. The summed E-state index contributed by atoms with van der Waals surface area (Å²) >= 11 is 0. The van der Waals surface area contributed by atoms with Crippen molar-refractivity contribution < 1.29 is 32.5 Å². The summed E-state index contributed by atoms with van der Waals surface area (Å²) < 4.78 is 50.8. The molecule has 0 fully saturated rings. The molecule has 2 aromatic carbocycles. The van der Waals surface area contributed by atoms with Crippen LogP contribution in [-0.2, 0) is 21.0 Å². The van der Waals surface area contributed by atoms with Crippen LogP contribution < -0.4 is 9.47 Å². The van der Waals surface area contributed by atoms with Crippen LogP contribution in [0, 0.1) is 17.0 Å². The molecule has 0 spiro atoms. The van der Waals surface area contributed by atoms with Crippen LogP contribution in [0.5, 0.6) is 17.6 Å². The Morgan fingerprint density at radius 1 is 0.953 bits per heavy atom. The molecule has 12 heteroatoms. The molecule has 2 aromatic heterocycles. The zero-order valence-corrected chi connectivity index (χ0v) is 26.2. The van der Waals surface area contributed by atoms with Gasteiger partial charge in [0.15, 0.2) is 17.5 Å². The largest absolute Gasteiger partial charge is 0.476 e. The monoisotopic (exact) mass is 610 g/mol. The molecule has 0 saturated heterocycles. The van der Waals surface area contributed by atoms with E-state index in [0.29, 0.717) is 18.3 Å². The average molecular weight is 611 g/mol. The van der Waals surface area contributed by atoms with Crippen LogP contribution in [0.25, 0.3) is 22.5 Å². The molecule has 0 atom stereocenters. The zero-order chi connectivity index (χ0) is 31.2. The zero-order valence-electron chi connectivity index (χ0n) is 25.2. The van der Waals surface area contributed by atoms with Crippen molar-refractivity contribution in [3.05, 3.63) is 72.4 Å². The standard InChI is InChI=1S/C31H36F2N4O5Si/c1-31(2,29(38)39-3)19-41-27-14-11-23(18-34-27)21-7-9-22(10-8-21)28-35-30(42-24-12-13-25(32)26(33)17-24)37(36-28)20-40-15-16-43(4,5)6/h7-14,17-18H,15-16,19-20H2,1-6H3. The molecule has 2 heterocycles. The minimum absolute atomic E-state index is 0.0883.